The fourth-order valence-electron chi connectivity index (χ4n) is 2.25. The normalized spacial score (nSPS) is 16.2. The van der Waals surface area contributed by atoms with Gasteiger partial charge in [0.05, 0.1) is 0 Å². The summed E-state index contributed by atoms with van der Waals surface area (Å²) in [7, 11) is 3.54. The van der Waals surface area contributed by atoms with Crippen LogP contribution in [0.5, 0.6) is 0 Å². The van der Waals surface area contributed by atoms with E-state index in [1.807, 2.05) is 4.90 Å². The molecular weight excluding hydrogens is 228 g/mol. The van der Waals surface area contributed by atoms with Gasteiger partial charge in [-0.15, -0.1) is 0 Å². The number of carbonyl (C=O) groups is 2. The van der Waals surface area contributed by atoms with Crippen molar-refractivity contribution >= 4 is 11.8 Å². The zero-order chi connectivity index (χ0) is 13.4. The van der Waals surface area contributed by atoms with Gasteiger partial charge in [0, 0.05) is 40.0 Å². The first-order valence-corrected chi connectivity index (χ1v) is 7.09. The number of nitrogens with zero attached hydrogens (tertiary/aromatic N) is 2. The molecule has 2 amide bonds. The monoisotopic (exact) mass is 254 g/mol. The molecule has 1 fully saturated rings. The Hall–Kier alpha value is -1.06. The lowest BCUT2D eigenvalue weighted by Gasteiger charge is -2.20. The zero-order valence-corrected chi connectivity index (χ0v) is 11.8. The van der Waals surface area contributed by atoms with Crippen LogP contribution in [0, 0.1) is 0 Å². The van der Waals surface area contributed by atoms with Gasteiger partial charge in [-0.3, -0.25) is 9.59 Å². The summed E-state index contributed by atoms with van der Waals surface area (Å²) >= 11 is 0. The SMILES string of the molecule is CN(C)C(=O)CCCCC(=O)N1CCCCCC1. The molecule has 0 spiro atoms. The smallest absolute Gasteiger partial charge is 0.222 e. The van der Waals surface area contributed by atoms with E-state index in [1.54, 1.807) is 19.0 Å². The van der Waals surface area contributed by atoms with Gasteiger partial charge in [0.2, 0.25) is 11.8 Å². The minimum Gasteiger partial charge on any atom is -0.349 e. The fraction of sp³-hybridized carbons (Fsp3) is 0.857. The van der Waals surface area contributed by atoms with Gasteiger partial charge in [-0.1, -0.05) is 12.8 Å². The van der Waals surface area contributed by atoms with E-state index in [2.05, 4.69) is 0 Å². The molecule has 1 saturated heterocycles. The molecule has 0 aromatic rings. The molecular formula is C14H26N2O2. The van der Waals surface area contributed by atoms with Crippen molar-refractivity contribution in [2.45, 2.75) is 51.4 Å². The van der Waals surface area contributed by atoms with Crippen molar-refractivity contribution < 1.29 is 9.59 Å². The summed E-state index contributed by atoms with van der Waals surface area (Å²) in [4.78, 5) is 26.9. The van der Waals surface area contributed by atoms with E-state index in [-0.39, 0.29) is 11.8 Å². The summed E-state index contributed by atoms with van der Waals surface area (Å²) in [5.74, 6) is 0.423. The van der Waals surface area contributed by atoms with Crippen molar-refractivity contribution in [3.8, 4) is 0 Å². The van der Waals surface area contributed by atoms with Crippen LogP contribution in [0.1, 0.15) is 51.4 Å². The van der Waals surface area contributed by atoms with Gasteiger partial charge in [-0.2, -0.15) is 0 Å². The highest BCUT2D eigenvalue weighted by atomic mass is 16.2. The van der Waals surface area contributed by atoms with Crippen molar-refractivity contribution in [3.63, 3.8) is 0 Å². The molecule has 0 unspecified atom stereocenters. The number of rotatable bonds is 5. The van der Waals surface area contributed by atoms with E-state index in [0.717, 1.165) is 38.8 Å². The summed E-state index contributed by atoms with van der Waals surface area (Å²) in [5, 5.41) is 0. The third-order valence-electron chi connectivity index (χ3n) is 3.49. The number of amides is 2. The Morgan fingerprint density at radius 1 is 0.944 bits per heavy atom. The second-order valence-corrected chi connectivity index (χ2v) is 5.29. The summed E-state index contributed by atoms with van der Waals surface area (Å²) in [6.45, 7) is 1.85. The van der Waals surface area contributed by atoms with Gasteiger partial charge < -0.3 is 9.80 Å². The maximum Gasteiger partial charge on any atom is 0.222 e. The summed E-state index contributed by atoms with van der Waals surface area (Å²) < 4.78 is 0. The van der Waals surface area contributed by atoms with Crippen LogP contribution in [-0.2, 0) is 9.59 Å². The predicted octanol–water partition coefficient (Wildman–Crippen LogP) is 2.04. The lowest BCUT2D eigenvalue weighted by molar-refractivity contribution is -0.132. The van der Waals surface area contributed by atoms with Crippen LogP contribution in [0.3, 0.4) is 0 Å². The van der Waals surface area contributed by atoms with E-state index in [0.29, 0.717) is 12.8 Å². The zero-order valence-electron chi connectivity index (χ0n) is 11.8. The van der Waals surface area contributed by atoms with E-state index >= 15 is 0 Å². The lowest BCUT2D eigenvalue weighted by atomic mass is 10.1. The molecule has 0 bridgehead atoms. The number of carbonyl (C=O) groups excluding carboxylic acids is 2. The van der Waals surface area contributed by atoms with E-state index in [9.17, 15) is 9.59 Å². The molecule has 0 saturated carbocycles. The molecule has 1 aliphatic heterocycles. The highest BCUT2D eigenvalue weighted by molar-refractivity contribution is 5.77. The maximum atomic E-state index is 12.0. The third-order valence-corrected chi connectivity index (χ3v) is 3.49. The first kappa shape index (κ1) is 15.0. The van der Waals surface area contributed by atoms with Crippen molar-refractivity contribution in [1.82, 2.24) is 9.80 Å². The number of hydrogen-bond donors (Lipinski definition) is 0. The van der Waals surface area contributed by atoms with Crippen LogP contribution in [0.15, 0.2) is 0 Å². The Kier molecular flexibility index (Phi) is 6.76. The molecule has 1 rings (SSSR count). The lowest BCUT2D eigenvalue weighted by Crippen LogP contribution is -2.31. The van der Waals surface area contributed by atoms with Gasteiger partial charge in [-0.05, 0) is 25.7 Å². The molecule has 0 radical (unpaired) electrons. The molecule has 4 heteroatoms. The maximum absolute atomic E-state index is 12.0. The Morgan fingerprint density at radius 3 is 2.06 bits per heavy atom. The molecule has 1 heterocycles. The van der Waals surface area contributed by atoms with Crippen LogP contribution in [0.25, 0.3) is 0 Å². The molecule has 18 heavy (non-hydrogen) atoms. The van der Waals surface area contributed by atoms with Crippen molar-refractivity contribution in [1.29, 1.82) is 0 Å². The van der Waals surface area contributed by atoms with Gasteiger partial charge >= 0.3 is 0 Å². The van der Waals surface area contributed by atoms with Gasteiger partial charge in [0.15, 0.2) is 0 Å². The van der Waals surface area contributed by atoms with Crippen molar-refractivity contribution in [2.75, 3.05) is 27.2 Å². The Bertz CT molecular complexity index is 269. The van der Waals surface area contributed by atoms with Crippen LogP contribution in [-0.4, -0.2) is 48.8 Å². The van der Waals surface area contributed by atoms with Gasteiger partial charge in [-0.25, -0.2) is 0 Å². The second kappa shape index (κ2) is 8.11. The minimum atomic E-state index is 0.150. The molecule has 4 nitrogen and oxygen atoms in total. The Labute approximate surface area is 110 Å². The predicted molar refractivity (Wildman–Crippen MR) is 72.2 cm³/mol. The van der Waals surface area contributed by atoms with E-state index in [1.165, 1.54) is 12.8 Å². The first-order chi connectivity index (χ1) is 8.61. The average Bonchev–Trinajstić information content (AvgIpc) is 2.62. The Balaban J connectivity index is 2.14. The van der Waals surface area contributed by atoms with Crippen molar-refractivity contribution in [3.05, 3.63) is 0 Å². The summed E-state index contributed by atoms with van der Waals surface area (Å²) in [6.07, 6.45) is 7.59. The molecule has 0 aliphatic carbocycles. The highest BCUT2D eigenvalue weighted by Gasteiger charge is 2.15. The van der Waals surface area contributed by atoms with Gasteiger partial charge in [0.1, 0.15) is 0 Å². The largest absolute Gasteiger partial charge is 0.349 e. The fourth-order valence-corrected chi connectivity index (χ4v) is 2.25. The Morgan fingerprint density at radius 2 is 1.50 bits per heavy atom. The molecule has 0 aromatic carbocycles. The number of likely N-dealkylation sites (tertiary alicyclic amines) is 1. The number of unbranched alkanes of at least 4 members (excludes halogenated alkanes) is 1. The topological polar surface area (TPSA) is 40.6 Å². The quantitative estimate of drug-likeness (QED) is 0.704. The first-order valence-electron chi connectivity index (χ1n) is 7.09. The van der Waals surface area contributed by atoms with Gasteiger partial charge in [0.25, 0.3) is 0 Å². The molecule has 0 atom stereocenters. The molecule has 104 valence electrons. The summed E-state index contributed by atoms with van der Waals surface area (Å²) in [6, 6.07) is 0. The molecule has 0 aromatic heterocycles. The summed E-state index contributed by atoms with van der Waals surface area (Å²) in [5.41, 5.74) is 0. The van der Waals surface area contributed by atoms with E-state index < -0.39 is 0 Å². The molecule has 1 aliphatic rings. The highest BCUT2D eigenvalue weighted by Crippen LogP contribution is 2.12. The average molecular weight is 254 g/mol. The number of hydrogen-bond acceptors (Lipinski definition) is 2. The third kappa shape index (κ3) is 5.52. The second-order valence-electron chi connectivity index (χ2n) is 5.29. The van der Waals surface area contributed by atoms with E-state index in [4.69, 9.17) is 0 Å². The standard InChI is InChI=1S/C14H26N2O2/c1-15(2)13(17)9-5-6-10-14(18)16-11-7-3-4-8-12-16/h3-12H2,1-2H3. The van der Waals surface area contributed by atoms with Crippen LogP contribution < -0.4 is 0 Å². The molecule has 0 N–H and O–H groups in total. The van der Waals surface area contributed by atoms with Crippen LogP contribution >= 0.6 is 0 Å². The van der Waals surface area contributed by atoms with Crippen LogP contribution in [0.4, 0.5) is 0 Å². The van der Waals surface area contributed by atoms with Crippen LogP contribution in [0.2, 0.25) is 0 Å². The minimum absolute atomic E-state index is 0.150. The van der Waals surface area contributed by atoms with Crippen molar-refractivity contribution in [2.24, 2.45) is 0 Å².